The van der Waals surface area contributed by atoms with Crippen LogP contribution in [0.25, 0.3) is 0 Å². The lowest BCUT2D eigenvalue weighted by atomic mass is 10.3. The van der Waals surface area contributed by atoms with E-state index in [-0.39, 0.29) is 0 Å². The molecule has 0 unspecified atom stereocenters. The summed E-state index contributed by atoms with van der Waals surface area (Å²) in [5.41, 5.74) is 0. The first-order valence-corrected chi connectivity index (χ1v) is 9.02. The van der Waals surface area contributed by atoms with Crippen molar-refractivity contribution >= 4 is 18.9 Å². The number of nitrogens with two attached hydrogens (primary N) is 2. The zero-order chi connectivity index (χ0) is 13.6. The van der Waals surface area contributed by atoms with Gasteiger partial charge in [-0.2, -0.15) is 0 Å². The molecule has 0 saturated carbocycles. The molecule has 0 amide bonds. The Morgan fingerprint density at radius 3 is 1.58 bits per heavy atom. The Bertz CT molecular complexity index is 457. The van der Waals surface area contributed by atoms with Crippen molar-refractivity contribution in [2.24, 2.45) is 10.8 Å². The maximum atomic E-state index is 6.10. The summed E-state index contributed by atoms with van der Waals surface area (Å²) in [6.45, 7) is 0. The lowest BCUT2D eigenvalue weighted by molar-refractivity contribution is 0.269. The average molecular weight is 292 g/mol. The van der Waals surface area contributed by atoms with Crippen molar-refractivity contribution in [1.82, 2.24) is 0 Å². The van der Waals surface area contributed by atoms with E-state index in [2.05, 4.69) is 0 Å². The Morgan fingerprint density at radius 2 is 1.21 bits per heavy atom. The fourth-order valence-corrected chi connectivity index (χ4v) is 3.87. The molecule has 0 heterocycles. The van der Waals surface area contributed by atoms with E-state index in [1.165, 1.54) is 0 Å². The quantitative estimate of drug-likeness (QED) is 0.759. The Balaban J connectivity index is 2.13. The summed E-state index contributed by atoms with van der Waals surface area (Å²) >= 11 is 0. The smallest absolute Gasteiger partial charge is 0.481 e. The van der Waals surface area contributed by atoms with Crippen LogP contribution in [-0.2, 0) is 4.12 Å². The Morgan fingerprint density at radius 1 is 0.789 bits per heavy atom. The lowest BCUT2D eigenvalue weighted by Gasteiger charge is -2.25. The van der Waals surface area contributed by atoms with Crippen molar-refractivity contribution in [3.63, 3.8) is 0 Å². The van der Waals surface area contributed by atoms with Gasteiger partial charge in [0.15, 0.2) is 0 Å². The number of benzene rings is 2. The number of hydrogen-bond acceptors (Lipinski definition) is 5. The van der Waals surface area contributed by atoms with Gasteiger partial charge in [-0.25, -0.2) is 0 Å². The van der Waals surface area contributed by atoms with Crippen molar-refractivity contribution in [1.29, 1.82) is 0 Å². The minimum atomic E-state index is -3.29. The molecule has 2 aromatic carbocycles. The minimum absolute atomic E-state index is 0.607. The highest BCUT2D eigenvalue weighted by molar-refractivity contribution is 6.63. The van der Waals surface area contributed by atoms with Crippen molar-refractivity contribution in [3.05, 3.63) is 60.7 Å². The predicted octanol–water partition coefficient (Wildman–Crippen LogP) is 0.513. The average Bonchev–Trinajstić information content (AvgIpc) is 2.41. The van der Waals surface area contributed by atoms with E-state index < -0.39 is 18.9 Å². The van der Waals surface area contributed by atoms with E-state index in [4.69, 9.17) is 23.8 Å². The molecule has 2 aromatic rings. The van der Waals surface area contributed by atoms with Crippen molar-refractivity contribution < 1.29 is 13.0 Å². The fraction of sp³-hybridized carbons (Fsp3) is 0. The van der Waals surface area contributed by atoms with Crippen LogP contribution in [0.5, 0.6) is 11.5 Å². The van der Waals surface area contributed by atoms with E-state index >= 15 is 0 Å². The molecule has 0 atom stereocenters. The maximum Gasteiger partial charge on any atom is 0.720 e. The molecule has 100 valence electrons. The first kappa shape index (κ1) is 13.8. The molecule has 0 saturated heterocycles. The van der Waals surface area contributed by atoms with Crippen LogP contribution in [-0.4, -0.2) is 18.9 Å². The zero-order valence-electron chi connectivity index (χ0n) is 10.4. The summed E-state index contributed by atoms with van der Waals surface area (Å²) in [7, 11) is -4.53. The molecule has 0 spiro atoms. The molecule has 19 heavy (non-hydrogen) atoms. The van der Waals surface area contributed by atoms with Gasteiger partial charge in [-0.3, -0.25) is 5.40 Å². The molecule has 0 aliphatic carbocycles. The van der Waals surface area contributed by atoms with E-state index in [0.717, 1.165) is 0 Å². The number of rotatable bonds is 6. The van der Waals surface area contributed by atoms with Crippen LogP contribution in [0.3, 0.4) is 0 Å². The standard InChI is InChI=1S/C12H16N2O3Si2/c13-18-17-19(14,15-11-7-3-1-4-8-11)16-12-9-5-2-6-10-12/h1-10H,13-14,18H2. The zero-order valence-corrected chi connectivity index (χ0v) is 12.8. The third-order valence-electron chi connectivity index (χ3n) is 2.29. The summed E-state index contributed by atoms with van der Waals surface area (Å²) in [4.78, 5) is 0. The van der Waals surface area contributed by atoms with Gasteiger partial charge in [0.2, 0.25) is 9.92 Å². The van der Waals surface area contributed by atoms with Gasteiger partial charge in [0.1, 0.15) is 11.5 Å². The second-order valence-corrected chi connectivity index (χ2v) is 6.85. The molecule has 0 aromatic heterocycles. The Labute approximate surface area is 115 Å². The largest absolute Gasteiger partial charge is 0.720 e. The van der Waals surface area contributed by atoms with Crippen LogP contribution in [0.15, 0.2) is 60.7 Å². The first-order chi connectivity index (χ1) is 9.22. The molecule has 2 rings (SSSR count). The van der Waals surface area contributed by atoms with Crippen LogP contribution < -0.4 is 19.7 Å². The number of para-hydroxylation sites is 2. The van der Waals surface area contributed by atoms with Gasteiger partial charge in [0.25, 0.3) is 0 Å². The van der Waals surface area contributed by atoms with Crippen LogP contribution >= 0.6 is 0 Å². The van der Waals surface area contributed by atoms with E-state index in [0.29, 0.717) is 11.5 Å². The van der Waals surface area contributed by atoms with Gasteiger partial charge in [-0.15, -0.1) is 0 Å². The van der Waals surface area contributed by atoms with Crippen LogP contribution in [0, 0.1) is 0 Å². The Kier molecular flexibility index (Phi) is 4.71. The highest BCUT2D eigenvalue weighted by Crippen LogP contribution is 2.17. The molecular formula is C12H16N2O3Si2. The van der Waals surface area contributed by atoms with Gasteiger partial charge >= 0.3 is 8.97 Å². The van der Waals surface area contributed by atoms with Crippen LogP contribution in [0.1, 0.15) is 0 Å². The molecule has 7 heteroatoms. The van der Waals surface area contributed by atoms with E-state index in [1.54, 1.807) is 24.3 Å². The van der Waals surface area contributed by atoms with Gasteiger partial charge < -0.3 is 18.4 Å². The van der Waals surface area contributed by atoms with Crippen molar-refractivity contribution in [2.45, 2.75) is 0 Å². The normalized spacial score (nSPS) is 11.7. The van der Waals surface area contributed by atoms with E-state index in [1.807, 2.05) is 36.4 Å². The summed E-state index contributed by atoms with van der Waals surface area (Å²) in [5, 5.41) is 11.6. The van der Waals surface area contributed by atoms with Gasteiger partial charge in [0, 0.05) is 0 Å². The number of hydrogen-bond donors (Lipinski definition) is 2. The molecule has 0 aliphatic heterocycles. The highest BCUT2D eigenvalue weighted by Gasteiger charge is 2.42. The third kappa shape index (κ3) is 4.19. The van der Waals surface area contributed by atoms with Crippen LogP contribution in [0.2, 0.25) is 0 Å². The Hall–Kier alpha value is -1.65. The molecule has 0 bridgehead atoms. The van der Waals surface area contributed by atoms with Gasteiger partial charge in [-0.05, 0) is 24.3 Å². The fourth-order valence-electron chi connectivity index (χ4n) is 1.50. The van der Waals surface area contributed by atoms with Crippen molar-refractivity contribution in [2.75, 3.05) is 0 Å². The topological polar surface area (TPSA) is 79.7 Å². The third-order valence-corrected chi connectivity index (χ3v) is 5.61. The van der Waals surface area contributed by atoms with Crippen molar-refractivity contribution in [3.8, 4) is 11.5 Å². The van der Waals surface area contributed by atoms with Gasteiger partial charge in [0.05, 0.1) is 0 Å². The minimum Gasteiger partial charge on any atom is -0.481 e. The highest BCUT2D eigenvalue weighted by atomic mass is 28.4. The lowest BCUT2D eigenvalue weighted by Crippen LogP contribution is -2.62. The molecule has 0 fully saturated rings. The molecule has 5 nitrogen and oxygen atoms in total. The second kappa shape index (κ2) is 6.50. The van der Waals surface area contributed by atoms with Crippen LogP contribution in [0.4, 0.5) is 0 Å². The SMILES string of the molecule is N[SiH2]O[Si](N)(Oc1ccccc1)Oc1ccccc1. The summed E-state index contributed by atoms with van der Waals surface area (Å²) in [6.07, 6.45) is 0. The molecule has 0 aliphatic rings. The van der Waals surface area contributed by atoms with Gasteiger partial charge in [-0.1, -0.05) is 36.4 Å². The van der Waals surface area contributed by atoms with E-state index in [9.17, 15) is 0 Å². The summed E-state index contributed by atoms with van der Waals surface area (Å²) in [5.74, 6) is 1.21. The predicted molar refractivity (Wildman–Crippen MR) is 77.9 cm³/mol. The second-order valence-electron chi connectivity index (χ2n) is 3.74. The molecular weight excluding hydrogens is 276 g/mol. The maximum absolute atomic E-state index is 6.10. The molecule has 4 N–H and O–H groups in total. The summed E-state index contributed by atoms with van der Waals surface area (Å²) < 4.78 is 16.8. The first-order valence-electron chi connectivity index (χ1n) is 5.83. The summed E-state index contributed by atoms with van der Waals surface area (Å²) in [6, 6.07) is 18.4. The monoisotopic (exact) mass is 292 g/mol. The molecule has 0 radical (unpaired) electrons.